The number of hydrogen-bond acceptors (Lipinski definition) is 6. The van der Waals surface area contributed by atoms with Gasteiger partial charge in [-0.3, -0.25) is 4.79 Å². The van der Waals surface area contributed by atoms with Crippen molar-refractivity contribution in [2.24, 2.45) is 0 Å². The summed E-state index contributed by atoms with van der Waals surface area (Å²) >= 11 is 0. The van der Waals surface area contributed by atoms with Crippen LogP contribution in [-0.4, -0.2) is 51.5 Å². The molecule has 2 aromatic heterocycles. The fraction of sp³-hybridized carbons (Fsp3) is 0.429. The van der Waals surface area contributed by atoms with Crippen LogP contribution in [0.2, 0.25) is 0 Å². The Morgan fingerprint density at radius 2 is 2.03 bits per heavy atom. The number of nitrogens with one attached hydrogen (secondary N) is 2. The number of ether oxygens (including phenoxy) is 1. The highest BCUT2D eigenvalue weighted by molar-refractivity contribution is 5.94. The van der Waals surface area contributed by atoms with E-state index in [0.29, 0.717) is 36.6 Å². The molecular formula is C21H28N6O2. The number of aromatic nitrogens is 4. The summed E-state index contributed by atoms with van der Waals surface area (Å²) < 4.78 is 7.25. The van der Waals surface area contributed by atoms with Crippen molar-refractivity contribution in [3.63, 3.8) is 0 Å². The highest BCUT2D eigenvalue weighted by atomic mass is 16.5. The summed E-state index contributed by atoms with van der Waals surface area (Å²) in [6, 6.07) is 11.3. The summed E-state index contributed by atoms with van der Waals surface area (Å²) in [5.74, 6) is 1.37. The fourth-order valence-electron chi connectivity index (χ4n) is 2.87. The molecule has 3 aromatic rings. The van der Waals surface area contributed by atoms with Gasteiger partial charge in [0.05, 0.1) is 6.10 Å². The standard InChI is InChI=1S/C21H28N6O2/c1-15(2)29-13-5-11-22-18-8-9-19-24-25-20(27(19)26-18)10-12-23-21(28)17-7-4-6-16(3)14-17/h4,6-9,14-15H,5,10-13H2,1-3H3,(H,22,26)(H,23,28). The molecular weight excluding hydrogens is 368 g/mol. The molecule has 1 amide bonds. The molecule has 29 heavy (non-hydrogen) atoms. The second-order valence-corrected chi connectivity index (χ2v) is 7.18. The van der Waals surface area contributed by atoms with Gasteiger partial charge in [0.2, 0.25) is 0 Å². The zero-order valence-corrected chi connectivity index (χ0v) is 17.2. The number of hydrogen-bond donors (Lipinski definition) is 2. The molecule has 0 bridgehead atoms. The molecule has 8 heteroatoms. The maximum Gasteiger partial charge on any atom is 0.251 e. The van der Waals surface area contributed by atoms with E-state index in [1.165, 1.54) is 0 Å². The Hall–Kier alpha value is -3.00. The van der Waals surface area contributed by atoms with E-state index < -0.39 is 0 Å². The van der Waals surface area contributed by atoms with E-state index in [9.17, 15) is 4.79 Å². The molecule has 0 saturated carbocycles. The second-order valence-electron chi connectivity index (χ2n) is 7.18. The monoisotopic (exact) mass is 396 g/mol. The van der Waals surface area contributed by atoms with Gasteiger partial charge in [-0.2, -0.15) is 4.52 Å². The van der Waals surface area contributed by atoms with E-state index in [0.717, 1.165) is 24.3 Å². The lowest BCUT2D eigenvalue weighted by molar-refractivity contribution is 0.0787. The van der Waals surface area contributed by atoms with Gasteiger partial charge in [-0.05, 0) is 51.5 Å². The number of carbonyl (C=O) groups is 1. The summed E-state index contributed by atoms with van der Waals surface area (Å²) in [4.78, 5) is 12.3. The van der Waals surface area contributed by atoms with Gasteiger partial charge in [0.1, 0.15) is 5.82 Å². The summed E-state index contributed by atoms with van der Waals surface area (Å²) in [6.45, 7) is 7.97. The quantitative estimate of drug-likeness (QED) is 0.512. The second kappa shape index (κ2) is 9.97. The van der Waals surface area contributed by atoms with Crippen molar-refractivity contribution in [1.82, 2.24) is 25.1 Å². The van der Waals surface area contributed by atoms with Gasteiger partial charge in [0, 0.05) is 31.7 Å². The Kier molecular flexibility index (Phi) is 7.13. The lowest BCUT2D eigenvalue weighted by Crippen LogP contribution is -2.26. The molecule has 2 N–H and O–H groups in total. The van der Waals surface area contributed by atoms with Gasteiger partial charge in [-0.15, -0.1) is 15.3 Å². The number of carbonyl (C=O) groups excluding carboxylic acids is 1. The Labute approximate surface area is 170 Å². The largest absolute Gasteiger partial charge is 0.379 e. The minimum Gasteiger partial charge on any atom is -0.379 e. The molecule has 0 aliphatic carbocycles. The highest BCUT2D eigenvalue weighted by Crippen LogP contribution is 2.08. The maximum atomic E-state index is 12.3. The minimum absolute atomic E-state index is 0.0959. The van der Waals surface area contributed by atoms with Crippen molar-refractivity contribution in [1.29, 1.82) is 0 Å². The van der Waals surface area contributed by atoms with Crippen LogP contribution < -0.4 is 10.6 Å². The molecule has 0 fully saturated rings. The molecule has 0 spiro atoms. The van der Waals surface area contributed by atoms with Gasteiger partial charge in [-0.1, -0.05) is 17.7 Å². The summed E-state index contributed by atoms with van der Waals surface area (Å²) in [5, 5.41) is 19.1. The van der Waals surface area contributed by atoms with Crippen LogP contribution in [0.15, 0.2) is 36.4 Å². The van der Waals surface area contributed by atoms with Crippen molar-refractivity contribution in [3.8, 4) is 0 Å². The summed E-state index contributed by atoms with van der Waals surface area (Å²) in [7, 11) is 0. The number of nitrogens with zero attached hydrogens (tertiary/aromatic N) is 4. The van der Waals surface area contributed by atoms with E-state index in [2.05, 4.69) is 25.9 Å². The molecule has 2 heterocycles. The lowest BCUT2D eigenvalue weighted by atomic mass is 10.1. The zero-order chi connectivity index (χ0) is 20.6. The van der Waals surface area contributed by atoms with Gasteiger partial charge in [0.15, 0.2) is 11.5 Å². The van der Waals surface area contributed by atoms with Gasteiger partial charge < -0.3 is 15.4 Å². The number of amides is 1. The molecule has 154 valence electrons. The minimum atomic E-state index is -0.0959. The van der Waals surface area contributed by atoms with Crippen molar-refractivity contribution in [2.45, 2.75) is 39.7 Å². The van der Waals surface area contributed by atoms with Crippen LogP contribution in [0, 0.1) is 6.92 Å². The number of aryl methyl sites for hydroxylation is 1. The fourth-order valence-corrected chi connectivity index (χ4v) is 2.87. The van der Waals surface area contributed by atoms with Crippen molar-refractivity contribution in [2.75, 3.05) is 25.0 Å². The number of benzene rings is 1. The van der Waals surface area contributed by atoms with Crippen LogP contribution in [0.3, 0.4) is 0 Å². The predicted octanol–water partition coefficient (Wildman–Crippen LogP) is 2.63. The van der Waals surface area contributed by atoms with Crippen LogP contribution >= 0.6 is 0 Å². The Morgan fingerprint density at radius 3 is 2.83 bits per heavy atom. The first kappa shape index (κ1) is 20.7. The normalized spacial score (nSPS) is 11.2. The van der Waals surface area contributed by atoms with E-state index >= 15 is 0 Å². The van der Waals surface area contributed by atoms with Crippen LogP contribution in [-0.2, 0) is 11.2 Å². The molecule has 3 rings (SSSR count). The third-order valence-corrected chi connectivity index (χ3v) is 4.32. The Balaban J connectivity index is 1.53. The summed E-state index contributed by atoms with van der Waals surface area (Å²) in [6.07, 6.45) is 1.69. The molecule has 8 nitrogen and oxygen atoms in total. The first-order valence-electron chi connectivity index (χ1n) is 9.94. The summed E-state index contributed by atoms with van der Waals surface area (Å²) in [5.41, 5.74) is 2.39. The molecule has 0 aliphatic heterocycles. The third-order valence-electron chi connectivity index (χ3n) is 4.32. The molecule has 1 aromatic carbocycles. The van der Waals surface area contributed by atoms with Gasteiger partial charge in [0.25, 0.3) is 5.91 Å². The number of anilines is 1. The lowest BCUT2D eigenvalue weighted by Gasteiger charge is -2.09. The average Bonchev–Trinajstić information content (AvgIpc) is 3.10. The predicted molar refractivity (Wildman–Crippen MR) is 112 cm³/mol. The molecule has 0 atom stereocenters. The van der Waals surface area contributed by atoms with Gasteiger partial charge >= 0.3 is 0 Å². The van der Waals surface area contributed by atoms with Crippen LogP contribution in [0.5, 0.6) is 0 Å². The maximum absolute atomic E-state index is 12.3. The Bertz CT molecular complexity index is 953. The highest BCUT2D eigenvalue weighted by Gasteiger charge is 2.10. The molecule has 0 radical (unpaired) electrons. The van der Waals surface area contributed by atoms with Crippen molar-refractivity contribution >= 4 is 17.4 Å². The van der Waals surface area contributed by atoms with Crippen LogP contribution in [0.1, 0.15) is 42.0 Å². The van der Waals surface area contributed by atoms with E-state index in [-0.39, 0.29) is 12.0 Å². The topological polar surface area (TPSA) is 93.4 Å². The SMILES string of the molecule is Cc1cccc(C(=O)NCCc2nnc3ccc(NCCCOC(C)C)nn23)c1. The molecule has 0 unspecified atom stereocenters. The van der Waals surface area contributed by atoms with E-state index in [1.54, 1.807) is 10.6 Å². The molecule has 0 saturated heterocycles. The van der Waals surface area contributed by atoms with Crippen LogP contribution in [0.4, 0.5) is 5.82 Å². The molecule has 0 aliphatic rings. The van der Waals surface area contributed by atoms with Crippen molar-refractivity contribution in [3.05, 3.63) is 53.3 Å². The first-order chi connectivity index (χ1) is 14.0. The van der Waals surface area contributed by atoms with Crippen LogP contribution in [0.25, 0.3) is 5.65 Å². The third kappa shape index (κ3) is 5.99. The smallest absolute Gasteiger partial charge is 0.251 e. The first-order valence-corrected chi connectivity index (χ1v) is 9.94. The Morgan fingerprint density at radius 1 is 1.17 bits per heavy atom. The van der Waals surface area contributed by atoms with E-state index in [4.69, 9.17) is 4.74 Å². The van der Waals surface area contributed by atoms with Gasteiger partial charge in [-0.25, -0.2) is 0 Å². The van der Waals surface area contributed by atoms with E-state index in [1.807, 2.05) is 51.1 Å². The number of fused-ring (bicyclic) bond motifs is 1. The van der Waals surface area contributed by atoms with Crippen molar-refractivity contribution < 1.29 is 9.53 Å². The number of rotatable bonds is 10. The average molecular weight is 396 g/mol. The zero-order valence-electron chi connectivity index (χ0n) is 17.2.